The number of anilines is 1. The summed E-state index contributed by atoms with van der Waals surface area (Å²) in [6, 6.07) is 5.34. The molecule has 2 aromatic rings. The highest BCUT2D eigenvalue weighted by Crippen LogP contribution is 2.26. The molecule has 0 bridgehead atoms. The van der Waals surface area contributed by atoms with E-state index in [1.165, 1.54) is 18.6 Å². The van der Waals surface area contributed by atoms with Crippen LogP contribution in [0.15, 0.2) is 18.2 Å². The van der Waals surface area contributed by atoms with Crippen molar-refractivity contribution in [1.29, 1.82) is 0 Å². The van der Waals surface area contributed by atoms with E-state index in [-0.39, 0.29) is 5.82 Å². The van der Waals surface area contributed by atoms with Crippen LogP contribution in [0, 0.1) is 5.82 Å². The van der Waals surface area contributed by atoms with Gasteiger partial charge in [0.2, 0.25) is 0 Å². The number of fused-ring (bicyclic) bond motifs is 1. The van der Waals surface area contributed by atoms with E-state index in [4.69, 9.17) is 0 Å². The molecule has 1 heterocycles. The Balaban J connectivity index is 1.76. The molecule has 0 amide bonds. The Morgan fingerprint density at radius 1 is 1.35 bits per heavy atom. The van der Waals surface area contributed by atoms with E-state index in [9.17, 15) is 4.39 Å². The molecule has 0 unspecified atom stereocenters. The van der Waals surface area contributed by atoms with Crippen LogP contribution in [0.5, 0.6) is 0 Å². The van der Waals surface area contributed by atoms with Crippen molar-refractivity contribution >= 4 is 26.7 Å². The molecule has 0 aliphatic heterocycles. The molecule has 0 saturated carbocycles. The smallest absolute Gasteiger partial charge is 0.183 e. The fourth-order valence-corrected chi connectivity index (χ4v) is 2.79. The van der Waals surface area contributed by atoms with Crippen LogP contribution in [0.3, 0.4) is 0 Å². The van der Waals surface area contributed by atoms with Gasteiger partial charge in [-0.2, -0.15) is 0 Å². The molecule has 1 N–H and O–H groups in total. The van der Waals surface area contributed by atoms with Crippen molar-refractivity contribution in [2.45, 2.75) is 32.7 Å². The van der Waals surface area contributed by atoms with Crippen molar-refractivity contribution in [1.82, 2.24) is 9.88 Å². The molecule has 2 rings (SSSR count). The summed E-state index contributed by atoms with van der Waals surface area (Å²) in [4.78, 5) is 6.74. The van der Waals surface area contributed by atoms with Gasteiger partial charge < -0.3 is 10.2 Å². The molecule has 0 aliphatic carbocycles. The third-order valence-electron chi connectivity index (χ3n) is 3.44. The molecule has 1 aromatic carbocycles. The van der Waals surface area contributed by atoms with Gasteiger partial charge in [-0.1, -0.05) is 11.3 Å². The minimum Gasteiger partial charge on any atom is -0.361 e. The van der Waals surface area contributed by atoms with Crippen LogP contribution in [0.2, 0.25) is 0 Å². The van der Waals surface area contributed by atoms with E-state index in [0.29, 0.717) is 6.04 Å². The van der Waals surface area contributed by atoms with E-state index in [1.807, 2.05) is 0 Å². The lowest BCUT2D eigenvalue weighted by atomic mass is 10.2. The van der Waals surface area contributed by atoms with Crippen molar-refractivity contribution in [3.8, 4) is 0 Å². The monoisotopic (exact) mass is 295 g/mol. The Labute approximate surface area is 123 Å². The summed E-state index contributed by atoms with van der Waals surface area (Å²) in [7, 11) is 2.15. The molecule has 0 radical (unpaired) electrons. The molecule has 5 heteroatoms. The first-order valence-electron chi connectivity index (χ1n) is 7.06. The number of unbranched alkanes of at least 4 members (excludes halogenated alkanes) is 1. The molecule has 20 heavy (non-hydrogen) atoms. The van der Waals surface area contributed by atoms with Gasteiger partial charge in [0.05, 0.1) is 10.2 Å². The van der Waals surface area contributed by atoms with Crippen LogP contribution in [-0.4, -0.2) is 36.1 Å². The fraction of sp³-hybridized carbons (Fsp3) is 0.533. The second kappa shape index (κ2) is 6.99. The van der Waals surface area contributed by atoms with Gasteiger partial charge in [-0.25, -0.2) is 9.37 Å². The number of nitrogens with one attached hydrogen (secondary N) is 1. The van der Waals surface area contributed by atoms with Crippen molar-refractivity contribution < 1.29 is 4.39 Å². The maximum absolute atomic E-state index is 13.1. The highest BCUT2D eigenvalue weighted by molar-refractivity contribution is 7.22. The third kappa shape index (κ3) is 4.15. The highest BCUT2D eigenvalue weighted by atomic mass is 32.1. The Morgan fingerprint density at radius 3 is 2.90 bits per heavy atom. The first-order chi connectivity index (χ1) is 9.56. The standard InChI is InChI=1S/C15H22FN3S/c1-11(2)19(3)9-5-4-8-17-15-18-13-10-12(16)6-7-14(13)20-15/h6-7,10-11H,4-5,8-9H2,1-3H3,(H,17,18). The second-order valence-electron chi connectivity index (χ2n) is 5.34. The summed E-state index contributed by atoms with van der Waals surface area (Å²) >= 11 is 1.58. The zero-order valence-corrected chi connectivity index (χ0v) is 13.1. The Morgan fingerprint density at radius 2 is 2.15 bits per heavy atom. The second-order valence-corrected chi connectivity index (χ2v) is 6.37. The molecular weight excluding hydrogens is 273 g/mol. The number of halogens is 1. The summed E-state index contributed by atoms with van der Waals surface area (Å²) in [5.41, 5.74) is 0.733. The topological polar surface area (TPSA) is 28.2 Å². The number of rotatable bonds is 7. The summed E-state index contributed by atoms with van der Waals surface area (Å²) < 4.78 is 14.1. The van der Waals surface area contributed by atoms with Gasteiger partial charge in [0.1, 0.15) is 5.82 Å². The van der Waals surface area contributed by atoms with Gasteiger partial charge in [0.25, 0.3) is 0 Å². The maximum Gasteiger partial charge on any atom is 0.183 e. The predicted molar refractivity (Wildman–Crippen MR) is 85.1 cm³/mol. The zero-order chi connectivity index (χ0) is 14.5. The van der Waals surface area contributed by atoms with Gasteiger partial charge in [0.15, 0.2) is 5.13 Å². The lowest BCUT2D eigenvalue weighted by Gasteiger charge is -2.20. The number of benzene rings is 1. The van der Waals surface area contributed by atoms with Crippen LogP contribution in [-0.2, 0) is 0 Å². The number of nitrogens with zero attached hydrogens (tertiary/aromatic N) is 2. The SMILES string of the molecule is CC(C)N(C)CCCCNc1nc2cc(F)ccc2s1. The van der Waals surface area contributed by atoms with Crippen LogP contribution >= 0.6 is 11.3 Å². The summed E-state index contributed by atoms with van der Waals surface area (Å²) in [6.45, 7) is 6.44. The van der Waals surface area contributed by atoms with E-state index >= 15 is 0 Å². The van der Waals surface area contributed by atoms with E-state index in [2.05, 4.69) is 36.1 Å². The highest BCUT2D eigenvalue weighted by Gasteiger charge is 2.05. The zero-order valence-electron chi connectivity index (χ0n) is 12.3. The molecule has 110 valence electrons. The van der Waals surface area contributed by atoms with Gasteiger partial charge in [-0.15, -0.1) is 0 Å². The lowest BCUT2D eigenvalue weighted by molar-refractivity contribution is 0.269. The molecule has 0 fully saturated rings. The Kier molecular flexibility index (Phi) is 5.31. The molecule has 1 aromatic heterocycles. The lowest BCUT2D eigenvalue weighted by Crippen LogP contribution is -2.27. The number of hydrogen-bond donors (Lipinski definition) is 1. The molecule has 0 spiro atoms. The minimum absolute atomic E-state index is 0.230. The largest absolute Gasteiger partial charge is 0.361 e. The Bertz CT molecular complexity index is 553. The van der Waals surface area contributed by atoms with Gasteiger partial charge >= 0.3 is 0 Å². The van der Waals surface area contributed by atoms with Crippen molar-refractivity contribution in [2.75, 3.05) is 25.5 Å². The van der Waals surface area contributed by atoms with Crippen LogP contribution < -0.4 is 5.32 Å². The molecule has 0 aliphatic rings. The first kappa shape index (κ1) is 15.2. The van der Waals surface area contributed by atoms with Crippen LogP contribution in [0.1, 0.15) is 26.7 Å². The van der Waals surface area contributed by atoms with Crippen molar-refractivity contribution in [2.24, 2.45) is 0 Å². The van der Waals surface area contributed by atoms with Crippen LogP contribution in [0.25, 0.3) is 10.2 Å². The summed E-state index contributed by atoms with van der Waals surface area (Å²) in [5.74, 6) is -0.230. The normalized spacial score (nSPS) is 11.7. The first-order valence-corrected chi connectivity index (χ1v) is 7.88. The number of aromatic nitrogens is 1. The quantitative estimate of drug-likeness (QED) is 0.783. The van der Waals surface area contributed by atoms with Crippen LogP contribution in [0.4, 0.5) is 9.52 Å². The number of thiazole rings is 1. The summed E-state index contributed by atoms with van der Waals surface area (Å²) in [5, 5.41) is 4.20. The number of hydrogen-bond acceptors (Lipinski definition) is 4. The predicted octanol–water partition coefficient (Wildman–Crippen LogP) is 3.97. The Hall–Kier alpha value is -1.20. The third-order valence-corrected chi connectivity index (χ3v) is 4.44. The molecular formula is C15H22FN3S. The van der Waals surface area contributed by atoms with E-state index in [0.717, 1.165) is 34.9 Å². The fourth-order valence-electron chi connectivity index (χ4n) is 1.92. The van der Waals surface area contributed by atoms with E-state index in [1.54, 1.807) is 17.4 Å². The molecule has 3 nitrogen and oxygen atoms in total. The molecule has 0 saturated heterocycles. The van der Waals surface area contributed by atoms with Gasteiger partial charge in [-0.05, 0) is 52.4 Å². The average Bonchev–Trinajstić information content (AvgIpc) is 2.79. The van der Waals surface area contributed by atoms with Gasteiger partial charge in [-0.3, -0.25) is 0 Å². The van der Waals surface area contributed by atoms with Crippen molar-refractivity contribution in [3.63, 3.8) is 0 Å². The summed E-state index contributed by atoms with van der Waals surface area (Å²) in [6.07, 6.45) is 2.28. The maximum atomic E-state index is 13.1. The average molecular weight is 295 g/mol. The minimum atomic E-state index is -0.230. The van der Waals surface area contributed by atoms with E-state index < -0.39 is 0 Å². The van der Waals surface area contributed by atoms with Crippen molar-refractivity contribution in [3.05, 3.63) is 24.0 Å². The molecule has 0 atom stereocenters. The van der Waals surface area contributed by atoms with Gasteiger partial charge in [0, 0.05) is 18.7 Å².